The van der Waals surface area contributed by atoms with Gasteiger partial charge in [0.15, 0.2) is 0 Å². The predicted molar refractivity (Wildman–Crippen MR) is 305 cm³/mol. The van der Waals surface area contributed by atoms with Crippen LogP contribution in [0.1, 0.15) is 22.3 Å². The van der Waals surface area contributed by atoms with Crippen molar-refractivity contribution in [2.75, 3.05) is 4.90 Å². The highest BCUT2D eigenvalue weighted by Crippen LogP contribution is 2.58. The molecule has 1 aliphatic rings. The highest BCUT2D eigenvalue weighted by atomic mass is 16.3. The molecule has 0 radical (unpaired) electrons. The molecule has 13 aromatic rings. The Morgan fingerprint density at radius 3 is 1.41 bits per heavy atom. The van der Waals surface area contributed by atoms with E-state index in [9.17, 15) is 0 Å². The Morgan fingerprint density at radius 2 is 0.740 bits per heavy atom. The molecule has 0 saturated carbocycles. The van der Waals surface area contributed by atoms with Crippen molar-refractivity contribution < 1.29 is 4.42 Å². The van der Waals surface area contributed by atoms with E-state index >= 15 is 0 Å². The fraction of sp³-hybridized carbons (Fsp3) is 0.0141. The zero-order valence-corrected chi connectivity index (χ0v) is 40.0. The number of hydrogen-bond acceptors (Lipinski definition) is 2. The summed E-state index contributed by atoms with van der Waals surface area (Å²) in [6, 6.07) is 104. The van der Waals surface area contributed by atoms with Gasteiger partial charge in [0, 0.05) is 27.8 Å². The van der Waals surface area contributed by atoms with E-state index in [1.54, 1.807) is 0 Å². The number of fused-ring (bicyclic) bond motifs is 7. The van der Waals surface area contributed by atoms with Crippen LogP contribution in [-0.4, -0.2) is 0 Å². The summed E-state index contributed by atoms with van der Waals surface area (Å²) in [4.78, 5) is 2.40. The van der Waals surface area contributed by atoms with Gasteiger partial charge < -0.3 is 9.32 Å². The Bertz CT molecular complexity index is 4130. The van der Waals surface area contributed by atoms with E-state index in [2.05, 4.69) is 278 Å². The lowest BCUT2D eigenvalue weighted by Gasteiger charge is -2.34. The lowest BCUT2D eigenvalue weighted by Crippen LogP contribution is -2.28. The van der Waals surface area contributed by atoms with Crippen molar-refractivity contribution in [3.63, 3.8) is 0 Å². The van der Waals surface area contributed by atoms with Crippen LogP contribution >= 0.6 is 0 Å². The summed E-state index contributed by atoms with van der Waals surface area (Å²) in [6.07, 6.45) is 0. The lowest BCUT2D eigenvalue weighted by atomic mass is 9.67. The molecule has 0 aliphatic heterocycles. The third-order valence-electron chi connectivity index (χ3n) is 15.2. The summed E-state index contributed by atoms with van der Waals surface area (Å²) in [5.41, 5.74) is 21.6. The molecule has 73 heavy (non-hydrogen) atoms. The first-order valence-electron chi connectivity index (χ1n) is 25.2. The lowest BCUT2D eigenvalue weighted by molar-refractivity contribution is 0.669. The maximum atomic E-state index is 6.33. The van der Waals surface area contributed by atoms with Gasteiger partial charge in [0.2, 0.25) is 0 Å². The molecule has 12 aromatic carbocycles. The van der Waals surface area contributed by atoms with Gasteiger partial charge in [-0.3, -0.25) is 0 Å². The van der Waals surface area contributed by atoms with E-state index in [0.717, 1.165) is 55.7 Å². The first kappa shape index (κ1) is 42.4. The number of hydrogen-bond donors (Lipinski definition) is 0. The average Bonchev–Trinajstić information content (AvgIpc) is 4.01. The van der Waals surface area contributed by atoms with Crippen molar-refractivity contribution >= 4 is 49.8 Å². The summed E-state index contributed by atoms with van der Waals surface area (Å²) in [5, 5.41) is 4.74. The molecule has 0 spiro atoms. The van der Waals surface area contributed by atoms with Crippen LogP contribution in [0.4, 0.5) is 17.1 Å². The number of benzene rings is 12. The van der Waals surface area contributed by atoms with Crippen molar-refractivity contribution in [2.45, 2.75) is 5.41 Å². The van der Waals surface area contributed by atoms with E-state index < -0.39 is 5.41 Å². The molecule has 2 heteroatoms. The van der Waals surface area contributed by atoms with Gasteiger partial charge in [0.25, 0.3) is 0 Å². The van der Waals surface area contributed by atoms with Gasteiger partial charge in [-0.25, -0.2) is 0 Å². The topological polar surface area (TPSA) is 16.4 Å². The zero-order chi connectivity index (χ0) is 48.3. The van der Waals surface area contributed by atoms with E-state index in [4.69, 9.17) is 4.42 Å². The van der Waals surface area contributed by atoms with Crippen LogP contribution in [0.25, 0.3) is 88.3 Å². The van der Waals surface area contributed by atoms with Crippen LogP contribution in [-0.2, 0) is 5.41 Å². The Hall–Kier alpha value is -9.50. The quantitative estimate of drug-likeness (QED) is 0.143. The number of anilines is 3. The molecular formula is C71H47NO. The van der Waals surface area contributed by atoms with Gasteiger partial charge >= 0.3 is 0 Å². The van der Waals surface area contributed by atoms with Gasteiger partial charge in [0.1, 0.15) is 11.2 Å². The van der Waals surface area contributed by atoms with Crippen molar-refractivity contribution in [1.29, 1.82) is 0 Å². The minimum absolute atomic E-state index is 0.488. The van der Waals surface area contributed by atoms with E-state index in [1.807, 2.05) is 12.1 Å². The first-order valence-corrected chi connectivity index (χ1v) is 25.2. The molecule has 14 rings (SSSR count). The van der Waals surface area contributed by atoms with Crippen LogP contribution in [0.3, 0.4) is 0 Å². The fourth-order valence-electron chi connectivity index (χ4n) is 12.0. The zero-order valence-electron chi connectivity index (χ0n) is 40.0. The smallest absolute Gasteiger partial charge is 0.136 e. The summed E-state index contributed by atoms with van der Waals surface area (Å²) < 4.78 is 6.33. The highest BCUT2D eigenvalue weighted by molar-refractivity contribution is 6.12. The molecule has 0 amide bonds. The van der Waals surface area contributed by atoms with Crippen LogP contribution in [0.15, 0.2) is 290 Å². The number of furan rings is 1. The third kappa shape index (κ3) is 6.87. The van der Waals surface area contributed by atoms with Crippen molar-refractivity contribution in [3.8, 4) is 55.6 Å². The minimum Gasteiger partial charge on any atom is -0.456 e. The molecular weight excluding hydrogens is 883 g/mol. The second-order valence-corrected chi connectivity index (χ2v) is 19.1. The standard InChI is InChI=1S/C71H47NO/c1-4-19-48(20-5-1)57-45-46-58(62-28-11-10-27-61(57)62)49-37-41-54(42-38-49)72(55-43-39-50(40-44-55)59-32-18-36-68-70(59)64-30-13-15-35-67(64)73-68)56-26-16-21-51(47-56)60-31-17-34-66-69(60)63-29-12-14-33-65(63)71(66,52-22-6-2-7-23-52)53-24-8-3-9-25-53/h1-47H. The Morgan fingerprint density at radius 1 is 0.274 bits per heavy atom. The maximum absolute atomic E-state index is 6.33. The molecule has 0 bridgehead atoms. The monoisotopic (exact) mass is 929 g/mol. The number of para-hydroxylation sites is 1. The summed E-state index contributed by atoms with van der Waals surface area (Å²) in [7, 11) is 0. The Balaban J connectivity index is 0.920. The van der Waals surface area contributed by atoms with Gasteiger partial charge in [0.05, 0.1) is 5.41 Å². The number of rotatable bonds is 9. The van der Waals surface area contributed by atoms with Crippen LogP contribution in [0.5, 0.6) is 0 Å². The molecule has 2 nitrogen and oxygen atoms in total. The molecule has 1 aliphatic carbocycles. The molecule has 1 aromatic heterocycles. The van der Waals surface area contributed by atoms with E-state index in [1.165, 1.54) is 72.0 Å². The normalized spacial score (nSPS) is 12.5. The summed E-state index contributed by atoms with van der Waals surface area (Å²) in [5.74, 6) is 0. The van der Waals surface area contributed by atoms with Crippen LogP contribution in [0.2, 0.25) is 0 Å². The second-order valence-electron chi connectivity index (χ2n) is 19.1. The van der Waals surface area contributed by atoms with E-state index in [0.29, 0.717) is 0 Å². The Kier molecular flexibility index (Phi) is 10.1. The predicted octanol–water partition coefficient (Wildman–Crippen LogP) is 19.2. The van der Waals surface area contributed by atoms with Crippen LogP contribution < -0.4 is 4.90 Å². The largest absolute Gasteiger partial charge is 0.456 e. The van der Waals surface area contributed by atoms with E-state index in [-0.39, 0.29) is 0 Å². The fourth-order valence-corrected chi connectivity index (χ4v) is 12.0. The van der Waals surface area contributed by atoms with Gasteiger partial charge in [-0.1, -0.05) is 237 Å². The molecule has 0 unspecified atom stereocenters. The summed E-state index contributed by atoms with van der Waals surface area (Å²) in [6.45, 7) is 0. The minimum atomic E-state index is -0.488. The van der Waals surface area contributed by atoms with Gasteiger partial charge in [-0.15, -0.1) is 0 Å². The molecule has 0 atom stereocenters. The number of nitrogens with zero attached hydrogens (tertiary/aromatic N) is 1. The van der Waals surface area contributed by atoms with Crippen LogP contribution in [0, 0.1) is 0 Å². The molecule has 0 N–H and O–H groups in total. The molecule has 0 saturated heterocycles. The SMILES string of the molecule is c1ccc(-c2ccc(-c3ccc(N(c4ccc(-c5cccc6oc7ccccc7c56)cc4)c4cccc(-c5cccc6c5-c5ccccc5C6(c5ccccc5)c5ccccc5)c4)cc3)c3ccccc23)cc1. The first-order chi connectivity index (χ1) is 36.2. The van der Waals surface area contributed by atoms with Gasteiger partial charge in [-0.2, -0.15) is 0 Å². The maximum Gasteiger partial charge on any atom is 0.136 e. The highest BCUT2D eigenvalue weighted by Gasteiger charge is 2.46. The molecule has 342 valence electrons. The van der Waals surface area contributed by atoms with Crippen molar-refractivity contribution in [1.82, 2.24) is 0 Å². The second kappa shape index (κ2) is 17.4. The third-order valence-corrected chi connectivity index (χ3v) is 15.2. The molecule has 1 heterocycles. The van der Waals surface area contributed by atoms with Crippen molar-refractivity contribution in [3.05, 3.63) is 307 Å². The Labute approximate surface area is 425 Å². The average molecular weight is 930 g/mol. The van der Waals surface area contributed by atoms with Gasteiger partial charge in [-0.05, 0) is 137 Å². The van der Waals surface area contributed by atoms with Crippen molar-refractivity contribution in [2.24, 2.45) is 0 Å². The molecule has 0 fully saturated rings. The summed E-state index contributed by atoms with van der Waals surface area (Å²) >= 11 is 0.